The second kappa shape index (κ2) is 8.36. The van der Waals surface area contributed by atoms with Gasteiger partial charge in [-0.3, -0.25) is 0 Å². The topological polar surface area (TPSA) is 67.4 Å². The molecule has 0 spiro atoms. The van der Waals surface area contributed by atoms with Crippen molar-refractivity contribution in [3.63, 3.8) is 0 Å². The number of hydrogen-bond donors (Lipinski definition) is 2. The molecule has 0 aliphatic heterocycles. The molecule has 0 saturated carbocycles. The molecule has 4 rings (SSSR count). The number of ether oxygens (including phenoxy) is 2. The Hall–Kier alpha value is -3.06. The van der Waals surface area contributed by atoms with Gasteiger partial charge < -0.3 is 19.6 Å². The van der Waals surface area contributed by atoms with E-state index in [9.17, 15) is 13.9 Å². The van der Waals surface area contributed by atoms with Crippen LogP contribution >= 0.6 is 11.6 Å². The van der Waals surface area contributed by atoms with Gasteiger partial charge in [0.25, 0.3) is 0 Å². The molecule has 1 aromatic carbocycles. The van der Waals surface area contributed by atoms with Gasteiger partial charge in [-0.05, 0) is 29.3 Å². The van der Waals surface area contributed by atoms with Crippen LogP contribution in [0, 0.1) is 5.82 Å². The summed E-state index contributed by atoms with van der Waals surface area (Å²) >= 11 is 5.83. The summed E-state index contributed by atoms with van der Waals surface area (Å²) in [6.07, 6.45) is 5.41. The van der Waals surface area contributed by atoms with E-state index >= 15 is 0 Å². The first-order valence-corrected chi connectivity index (χ1v) is 9.65. The first-order chi connectivity index (χ1) is 14.4. The monoisotopic (exact) mass is 432 g/mol. The Bertz CT molecular complexity index is 1160. The number of methoxy groups -OCH3 is 1. The summed E-state index contributed by atoms with van der Waals surface area (Å²) in [5.41, 5.74) is 2.19. The standard InChI is InChI=1S/C22H19ClF2N2O3/c1-29-20-5-13(4-14-9-26-22-17(14)7-16(28)10-27-22)19(25)8-21(20)30-11-12-2-3-15(23)6-18(12)24/h2-3,5,7-10,18,28H,4,6,11H2,1H3,(H,26,27). The Kier molecular flexibility index (Phi) is 5.63. The smallest absolute Gasteiger partial charge is 0.164 e. The van der Waals surface area contributed by atoms with Gasteiger partial charge in [0.15, 0.2) is 11.5 Å². The summed E-state index contributed by atoms with van der Waals surface area (Å²) in [5, 5.41) is 10.8. The van der Waals surface area contributed by atoms with Crippen LogP contribution in [0.2, 0.25) is 0 Å². The van der Waals surface area contributed by atoms with Crippen molar-refractivity contribution in [2.45, 2.75) is 19.0 Å². The highest BCUT2D eigenvalue weighted by molar-refractivity contribution is 6.29. The highest BCUT2D eigenvalue weighted by Crippen LogP contribution is 2.33. The third-order valence-electron chi connectivity index (χ3n) is 4.97. The molecule has 1 atom stereocenters. The lowest BCUT2D eigenvalue weighted by molar-refractivity contribution is 0.283. The van der Waals surface area contributed by atoms with Crippen molar-refractivity contribution in [3.05, 3.63) is 70.3 Å². The zero-order chi connectivity index (χ0) is 21.3. The van der Waals surface area contributed by atoms with Gasteiger partial charge >= 0.3 is 0 Å². The molecule has 0 bridgehead atoms. The Morgan fingerprint density at radius 2 is 2.07 bits per heavy atom. The summed E-state index contributed by atoms with van der Waals surface area (Å²) < 4.78 is 39.9. The van der Waals surface area contributed by atoms with Crippen LogP contribution in [0.15, 0.2) is 53.4 Å². The minimum atomic E-state index is -1.23. The van der Waals surface area contributed by atoms with Crippen molar-refractivity contribution in [3.8, 4) is 17.2 Å². The average molecular weight is 433 g/mol. The van der Waals surface area contributed by atoms with Crippen molar-refractivity contribution < 1.29 is 23.4 Å². The van der Waals surface area contributed by atoms with E-state index in [-0.39, 0.29) is 30.9 Å². The van der Waals surface area contributed by atoms with Crippen molar-refractivity contribution in [2.24, 2.45) is 0 Å². The lowest BCUT2D eigenvalue weighted by Crippen LogP contribution is -2.15. The van der Waals surface area contributed by atoms with E-state index in [0.29, 0.717) is 33.0 Å². The number of aromatic amines is 1. The van der Waals surface area contributed by atoms with Gasteiger partial charge in [-0.2, -0.15) is 0 Å². The summed E-state index contributed by atoms with van der Waals surface area (Å²) in [6, 6.07) is 4.36. The van der Waals surface area contributed by atoms with E-state index in [0.717, 1.165) is 5.56 Å². The van der Waals surface area contributed by atoms with Crippen LogP contribution in [0.25, 0.3) is 11.0 Å². The fourth-order valence-corrected chi connectivity index (χ4v) is 3.55. The number of halogens is 3. The lowest BCUT2D eigenvalue weighted by atomic mass is 10.0. The first-order valence-electron chi connectivity index (χ1n) is 9.28. The fourth-order valence-electron chi connectivity index (χ4n) is 3.36. The Morgan fingerprint density at radius 1 is 1.23 bits per heavy atom. The molecule has 0 radical (unpaired) electrons. The molecule has 5 nitrogen and oxygen atoms in total. The van der Waals surface area contributed by atoms with E-state index in [4.69, 9.17) is 21.1 Å². The van der Waals surface area contributed by atoms with Crippen LogP contribution in [0.1, 0.15) is 17.5 Å². The number of H-pyrrole nitrogens is 1. The molecule has 2 N–H and O–H groups in total. The number of aromatic hydroxyl groups is 1. The number of alkyl halides is 1. The number of aromatic nitrogens is 2. The molecule has 156 valence electrons. The quantitative estimate of drug-likeness (QED) is 0.563. The molecular formula is C22H19ClF2N2O3. The Labute approximate surface area is 176 Å². The molecule has 30 heavy (non-hydrogen) atoms. The number of fused-ring (bicyclic) bond motifs is 1. The largest absolute Gasteiger partial charge is 0.506 e. The zero-order valence-corrected chi connectivity index (χ0v) is 16.8. The van der Waals surface area contributed by atoms with Crippen LogP contribution in [0.3, 0.4) is 0 Å². The van der Waals surface area contributed by atoms with Crippen LogP contribution in [0.4, 0.5) is 8.78 Å². The Morgan fingerprint density at radius 3 is 2.83 bits per heavy atom. The second-order valence-corrected chi connectivity index (χ2v) is 7.48. The number of benzene rings is 1. The molecule has 1 unspecified atom stereocenters. The molecule has 2 heterocycles. The maximum Gasteiger partial charge on any atom is 0.164 e. The van der Waals surface area contributed by atoms with Crippen LogP contribution in [0.5, 0.6) is 17.2 Å². The van der Waals surface area contributed by atoms with Crippen LogP contribution < -0.4 is 9.47 Å². The summed E-state index contributed by atoms with van der Waals surface area (Å²) in [5.74, 6) is 0.0773. The van der Waals surface area contributed by atoms with E-state index in [1.54, 1.807) is 30.5 Å². The van der Waals surface area contributed by atoms with Gasteiger partial charge in [-0.15, -0.1) is 0 Å². The number of pyridine rings is 1. The molecule has 2 aromatic heterocycles. The van der Waals surface area contributed by atoms with Crippen molar-refractivity contribution in [1.29, 1.82) is 0 Å². The summed E-state index contributed by atoms with van der Waals surface area (Å²) in [7, 11) is 1.46. The van der Waals surface area contributed by atoms with Gasteiger partial charge in [0, 0.05) is 41.1 Å². The maximum absolute atomic E-state index is 14.8. The lowest BCUT2D eigenvalue weighted by Gasteiger charge is -2.18. The van der Waals surface area contributed by atoms with Gasteiger partial charge in [0.05, 0.1) is 13.3 Å². The van der Waals surface area contributed by atoms with E-state index in [2.05, 4.69) is 9.97 Å². The minimum absolute atomic E-state index is 0.0319. The highest BCUT2D eigenvalue weighted by Gasteiger charge is 2.20. The van der Waals surface area contributed by atoms with Gasteiger partial charge in [0.2, 0.25) is 0 Å². The number of allylic oxidation sites excluding steroid dienone is 3. The predicted octanol–water partition coefficient (Wildman–Crippen LogP) is 5.18. The molecule has 0 fully saturated rings. The van der Waals surface area contributed by atoms with E-state index in [1.807, 2.05) is 0 Å². The van der Waals surface area contributed by atoms with Gasteiger partial charge in [0.1, 0.15) is 30.0 Å². The molecule has 0 saturated heterocycles. The Balaban J connectivity index is 1.57. The molecule has 8 heteroatoms. The van der Waals surface area contributed by atoms with Crippen molar-refractivity contribution >= 4 is 22.6 Å². The molecular weight excluding hydrogens is 414 g/mol. The number of rotatable bonds is 6. The SMILES string of the molecule is COc1cc(Cc2c[nH]c3ncc(O)cc23)c(F)cc1OCC1=CC=C(Cl)CC1F. The molecule has 0 amide bonds. The predicted molar refractivity (Wildman–Crippen MR) is 111 cm³/mol. The van der Waals surface area contributed by atoms with Crippen molar-refractivity contribution in [1.82, 2.24) is 9.97 Å². The third kappa shape index (κ3) is 4.11. The van der Waals surface area contributed by atoms with Gasteiger partial charge in [-0.1, -0.05) is 17.7 Å². The third-order valence-corrected chi connectivity index (χ3v) is 5.25. The number of hydrogen-bond acceptors (Lipinski definition) is 4. The summed E-state index contributed by atoms with van der Waals surface area (Å²) in [6.45, 7) is -0.0373. The van der Waals surface area contributed by atoms with Crippen LogP contribution in [-0.2, 0) is 6.42 Å². The van der Waals surface area contributed by atoms with Gasteiger partial charge in [-0.25, -0.2) is 13.8 Å². The highest BCUT2D eigenvalue weighted by atomic mass is 35.5. The van der Waals surface area contributed by atoms with Crippen molar-refractivity contribution in [2.75, 3.05) is 13.7 Å². The minimum Gasteiger partial charge on any atom is -0.506 e. The average Bonchev–Trinajstić information content (AvgIpc) is 3.11. The maximum atomic E-state index is 14.8. The number of nitrogens with one attached hydrogen (secondary N) is 1. The normalized spacial score (nSPS) is 16.3. The second-order valence-electron chi connectivity index (χ2n) is 6.99. The molecule has 1 aliphatic rings. The van der Waals surface area contributed by atoms with E-state index < -0.39 is 12.0 Å². The zero-order valence-electron chi connectivity index (χ0n) is 16.1. The molecule has 1 aliphatic carbocycles. The number of nitrogens with zero attached hydrogens (tertiary/aromatic N) is 1. The first kappa shape index (κ1) is 20.2. The van der Waals surface area contributed by atoms with E-state index in [1.165, 1.54) is 19.4 Å². The fraction of sp³-hybridized carbons (Fsp3) is 0.227. The van der Waals surface area contributed by atoms with Crippen LogP contribution in [-0.4, -0.2) is 35.0 Å². The molecule has 3 aromatic rings. The summed E-state index contributed by atoms with van der Waals surface area (Å²) in [4.78, 5) is 7.10.